The minimum absolute atomic E-state index is 0.0469. The Kier molecular flexibility index (Phi) is 5.66. The minimum Gasteiger partial charge on any atom is -0.467 e. The standard InChI is InChI=1S/C24H19ClN4O4/c25-17-9-7-16(8-10-17)19-12-21(22-6-3-11-32-22)29(27-19)23(30)14-33-24(31)13-28-15-26-18-4-1-2-5-20(18)28/h1-11,15,21H,12-14H2/t21-/m0/s1. The van der Waals surface area contributed by atoms with Crippen molar-refractivity contribution < 1.29 is 18.7 Å². The summed E-state index contributed by atoms with van der Waals surface area (Å²) in [6.45, 7) is -0.477. The van der Waals surface area contributed by atoms with E-state index in [1.807, 2.05) is 36.4 Å². The quantitative estimate of drug-likeness (QED) is 0.400. The summed E-state index contributed by atoms with van der Waals surface area (Å²) in [4.78, 5) is 29.6. The van der Waals surface area contributed by atoms with Gasteiger partial charge in [0, 0.05) is 11.4 Å². The molecule has 0 bridgehead atoms. The Balaban J connectivity index is 1.28. The molecule has 0 unspecified atom stereocenters. The van der Waals surface area contributed by atoms with Crippen molar-refractivity contribution in [3.63, 3.8) is 0 Å². The first-order valence-electron chi connectivity index (χ1n) is 10.3. The van der Waals surface area contributed by atoms with Crippen molar-refractivity contribution in [1.82, 2.24) is 14.6 Å². The number of carbonyl (C=O) groups excluding carboxylic acids is 2. The van der Waals surface area contributed by atoms with Crippen LogP contribution in [0.2, 0.25) is 5.02 Å². The maximum Gasteiger partial charge on any atom is 0.326 e. The number of amides is 1. The van der Waals surface area contributed by atoms with Crippen LogP contribution in [0.25, 0.3) is 11.0 Å². The van der Waals surface area contributed by atoms with E-state index >= 15 is 0 Å². The predicted octanol–water partition coefficient (Wildman–Crippen LogP) is 4.20. The molecule has 9 heteroatoms. The lowest BCUT2D eigenvalue weighted by molar-refractivity contribution is -0.153. The first-order chi connectivity index (χ1) is 16.1. The van der Waals surface area contributed by atoms with Gasteiger partial charge in [0.05, 0.1) is 29.3 Å². The lowest BCUT2D eigenvalue weighted by Crippen LogP contribution is -2.31. The number of carbonyl (C=O) groups is 2. The first-order valence-corrected chi connectivity index (χ1v) is 10.7. The predicted molar refractivity (Wildman–Crippen MR) is 122 cm³/mol. The van der Waals surface area contributed by atoms with Gasteiger partial charge in [-0.05, 0) is 42.0 Å². The SMILES string of the molecule is O=C(Cn1cnc2ccccc21)OCC(=O)N1N=C(c2ccc(Cl)cc2)C[C@H]1c1ccco1. The number of nitrogens with zero attached hydrogens (tertiary/aromatic N) is 4. The molecule has 0 aliphatic carbocycles. The zero-order valence-corrected chi connectivity index (χ0v) is 18.2. The number of imidazole rings is 1. The molecule has 0 fully saturated rings. The van der Waals surface area contributed by atoms with Gasteiger partial charge in [-0.25, -0.2) is 9.99 Å². The number of rotatable bonds is 6. The van der Waals surface area contributed by atoms with Gasteiger partial charge in [0.1, 0.15) is 18.3 Å². The molecule has 3 heterocycles. The number of esters is 1. The van der Waals surface area contributed by atoms with Gasteiger partial charge in [-0.1, -0.05) is 35.9 Å². The molecule has 0 saturated heterocycles. The van der Waals surface area contributed by atoms with Gasteiger partial charge in [0.15, 0.2) is 6.61 Å². The summed E-state index contributed by atoms with van der Waals surface area (Å²) >= 11 is 5.99. The van der Waals surface area contributed by atoms with Crippen LogP contribution in [-0.2, 0) is 20.9 Å². The zero-order chi connectivity index (χ0) is 22.8. The van der Waals surface area contributed by atoms with Crippen LogP contribution in [0.1, 0.15) is 23.8 Å². The Bertz CT molecular complexity index is 1330. The molecular formula is C24H19ClN4O4. The zero-order valence-electron chi connectivity index (χ0n) is 17.4. The summed E-state index contributed by atoms with van der Waals surface area (Å²) in [6, 6.07) is 17.8. The lowest BCUT2D eigenvalue weighted by atomic mass is 10.0. The molecule has 1 aliphatic heterocycles. The van der Waals surface area contributed by atoms with E-state index < -0.39 is 24.5 Å². The van der Waals surface area contributed by atoms with Crippen molar-refractivity contribution in [2.45, 2.75) is 19.0 Å². The molecule has 0 N–H and O–H groups in total. The van der Waals surface area contributed by atoms with Crippen LogP contribution < -0.4 is 0 Å². The minimum atomic E-state index is -0.540. The number of aromatic nitrogens is 2. The summed E-state index contributed by atoms with van der Waals surface area (Å²) in [7, 11) is 0. The van der Waals surface area contributed by atoms with E-state index in [1.54, 1.807) is 41.4 Å². The number of fused-ring (bicyclic) bond motifs is 1. The summed E-state index contributed by atoms with van der Waals surface area (Å²) in [5, 5.41) is 6.45. The molecule has 0 saturated carbocycles. The van der Waals surface area contributed by atoms with Crippen LogP contribution in [0.15, 0.2) is 82.8 Å². The van der Waals surface area contributed by atoms with Crippen molar-refractivity contribution in [1.29, 1.82) is 0 Å². The molecule has 2 aromatic carbocycles. The Morgan fingerprint density at radius 2 is 1.91 bits per heavy atom. The monoisotopic (exact) mass is 462 g/mol. The maximum absolute atomic E-state index is 13.0. The second-order valence-corrected chi connectivity index (χ2v) is 7.99. The average molecular weight is 463 g/mol. The van der Waals surface area contributed by atoms with Crippen LogP contribution in [-0.4, -0.2) is 38.8 Å². The molecule has 4 aromatic rings. The molecule has 0 radical (unpaired) electrons. The Morgan fingerprint density at radius 3 is 2.70 bits per heavy atom. The molecule has 8 nitrogen and oxygen atoms in total. The first kappa shape index (κ1) is 21.0. The smallest absolute Gasteiger partial charge is 0.326 e. The van der Waals surface area contributed by atoms with Gasteiger partial charge < -0.3 is 13.7 Å². The van der Waals surface area contributed by atoms with Crippen molar-refractivity contribution in [3.8, 4) is 0 Å². The summed E-state index contributed by atoms with van der Waals surface area (Å²) in [5.74, 6) is -0.376. The van der Waals surface area contributed by atoms with Crippen molar-refractivity contribution in [3.05, 3.63) is 89.6 Å². The number of hydrogen-bond donors (Lipinski definition) is 0. The van der Waals surface area contributed by atoms with E-state index in [9.17, 15) is 9.59 Å². The van der Waals surface area contributed by atoms with E-state index in [2.05, 4.69) is 10.1 Å². The van der Waals surface area contributed by atoms with E-state index in [0.717, 1.165) is 22.3 Å². The van der Waals surface area contributed by atoms with Crippen LogP contribution in [0.3, 0.4) is 0 Å². The van der Waals surface area contributed by atoms with E-state index in [1.165, 1.54) is 5.01 Å². The molecule has 2 aromatic heterocycles. The van der Waals surface area contributed by atoms with E-state index in [4.69, 9.17) is 20.8 Å². The van der Waals surface area contributed by atoms with E-state index in [0.29, 0.717) is 17.2 Å². The Morgan fingerprint density at radius 1 is 1.09 bits per heavy atom. The van der Waals surface area contributed by atoms with Crippen LogP contribution in [0.5, 0.6) is 0 Å². The fourth-order valence-corrected chi connectivity index (χ4v) is 3.91. The van der Waals surface area contributed by atoms with Crippen LogP contribution in [0.4, 0.5) is 0 Å². The fraction of sp³-hybridized carbons (Fsp3) is 0.167. The summed E-state index contributed by atoms with van der Waals surface area (Å²) in [5.41, 5.74) is 3.17. The van der Waals surface area contributed by atoms with Gasteiger partial charge in [-0.2, -0.15) is 5.10 Å². The largest absolute Gasteiger partial charge is 0.467 e. The maximum atomic E-state index is 13.0. The van der Waals surface area contributed by atoms with Crippen molar-refractivity contribution in [2.75, 3.05) is 6.61 Å². The third kappa shape index (κ3) is 4.38. The number of benzene rings is 2. The molecule has 1 amide bonds. The third-order valence-electron chi connectivity index (χ3n) is 5.40. The highest BCUT2D eigenvalue weighted by molar-refractivity contribution is 6.30. The molecule has 1 aliphatic rings. The second-order valence-electron chi connectivity index (χ2n) is 7.55. The second kappa shape index (κ2) is 8.91. The third-order valence-corrected chi connectivity index (χ3v) is 5.65. The number of ether oxygens (including phenoxy) is 1. The summed E-state index contributed by atoms with van der Waals surface area (Å²) < 4.78 is 12.5. The van der Waals surface area contributed by atoms with Gasteiger partial charge in [0.2, 0.25) is 0 Å². The lowest BCUT2D eigenvalue weighted by Gasteiger charge is -2.19. The highest BCUT2D eigenvalue weighted by Gasteiger charge is 2.35. The van der Waals surface area contributed by atoms with Crippen molar-refractivity contribution in [2.24, 2.45) is 5.10 Å². The highest BCUT2D eigenvalue weighted by Crippen LogP contribution is 2.33. The van der Waals surface area contributed by atoms with Crippen LogP contribution in [0, 0.1) is 0 Å². The molecule has 1 atom stereocenters. The van der Waals surface area contributed by atoms with Gasteiger partial charge >= 0.3 is 5.97 Å². The molecule has 5 rings (SSSR count). The fourth-order valence-electron chi connectivity index (χ4n) is 3.79. The van der Waals surface area contributed by atoms with Gasteiger partial charge in [-0.3, -0.25) is 9.59 Å². The number of para-hydroxylation sites is 2. The molecule has 33 heavy (non-hydrogen) atoms. The molecular weight excluding hydrogens is 444 g/mol. The number of halogens is 1. The average Bonchev–Trinajstić information content (AvgIpc) is 3.58. The topological polar surface area (TPSA) is 89.9 Å². The van der Waals surface area contributed by atoms with E-state index in [-0.39, 0.29) is 6.54 Å². The van der Waals surface area contributed by atoms with Crippen molar-refractivity contribution >= 4 is 40.2 Å². The number of hydrogen-bond acceptors (Lipinski definition) is 6. The Labute approximate surface area is 194 Å². The highest BCUT2D eigenvalue weighted by atomic mass is 35.5. The van der Waals surface area contributed by atoms with Crippen LogP contribution >= 0.6 is 11.6 Å². The number of hydrazone groups is 1. The Hall–Kier alpha value is -3.91. The number of furan rings is 1. The summed E-state index contributed by atoms with van der Waals surface area (Å²) in [6.07, 6.45) is 3.59. The normalized spacial score (nSPS) is 15.6. The molecule has 0 spiro atoms. The van der Waals surface area contributed by atoms with Gasteiger partial charge in [0.25, 0.3) is 5.91 Å². The molecule has 166 valence electrons. The van der Waals surface area contributed by atoms with Gasteiger partial charge in [-0.15, -0.1) is 0 Å².